The quantitative estimate of drug-likeness (QED) is 0.0686. The highest BCUT2D eigenvalue weighted by molar-refractivity contribution is 7.26. The maximum absolute atomic E-state index is 4.83. The minimum absolute atomic E-state index is 0.0807. The summed E-state index contributed by atoms with van der Waals surface area (Å²) in [4.78, 5) is 2.41. The van der Waals surface area contributed by atoms with E-state index < -0.39 is 0 Å². The molecule has 0 spiro atoms. The third-order valence-electron chi connectivity index (χ3n) is 11.7. The van der Waals surface area contributed by atoms with Crippen LogP contribution in [0.15, 0.2) is 247 Å². The lowest BCUT2D eigenvalue weighted by atomic mass is 9.81. The highest BCUT2D eigenvalue weighted by Crippen LogP contribution is 2.54. The van der Waals surface area contributed by atoms with Crippen LogP contribution < -0.4 is 4.90 Å². The SMILES string of the molecule is C#C/C=C\C=C.C=C\C=C/C(=C\CC1=CC=C(N(c2ccc(CC)cc2)c2cccc3c2sc2c4c(ccc23)C(C)(C)C2=C4C=C=CC=C2)C=C=C1)C(/C=C\CC)=C/C.Cc1ccccc1. The van der Waals surface area contributed by atoms with Gasteiger partial charge >= 0.3 is 0 Å². The van der Waals surface area contributed by atoms with Crippen molar-refractivity contribution in [3.8, 4) is 12.3 Å². The zero-order valence-corrected chi connectivity index (χ0v) is 40.3. The molecule has 0 amide bonds. The number of terminal acetylenes is 1. The van der Waals surface area contributed by atoms with Crippen molar-refractivity contribution < 1.29 is 0 Å². The van der Waals surface area contributed by atoms with Crippen molar-refractivity contribution in [3.63, 3.8) is 0 Å². The molecule has 0 atom stereocenters. The van der Waals surface area contributed by atoms with E-state index in [1.165, 1.54) is 76.0 Å². The van der Waals surface area contributed by atoms with Crippen molar-refractivity contribution >= 4 is 48.5 Å². The molecule has 2 heteroatoms. The fourth-order valence-corrected chi connectivity index (χ4v) is 9.61. The molecule has 1 aromatic heterocycles. The maximum atomic E-state index is 4.83. The van der Waals surface area contributed by atoms with Crippen LogP contribution in [0.2, 0.25) is 0 Å². The van der Waals surface area contributed by atoms with Gasteiger partial charge in [0.1, 0.15) is 0 Å². The summed E-state index contributed by atoms with van der Waals surface area (Å²) in [5.41, 5.74) is 21.9. The van der Waals surface area contributed by atoms with E-state index in [1.807, 2.05) is 47.8 Å². The van der Waals surface area contributed by atoms with Gasteiger partial charge in [-0.05, 0) is 121 Å². The molecular formula is C64H61NS. The van der Waals surface area contributed by atoms with Gasteiger partial charge in [-0.15, -0.1) is 29.2 Å². The smallest absolute Gasteiger partial charge is 0.0640 e. The van der Waals surface area contributed by atoms with Crippen LogP contribution in [0.5, 0.6) is 0 Å². The lowest BCUT2D eigenvalue weighted by Gasteiger charge is -2.26. The number of benzene rings is 4. The van der Waals surface area contributed by atoms with Crippen LogP contribution in [0.4, 0.5) is 11.4 Å². The zero-order chi connectivity index (χ0) is 46.9. The van der Waals surface area contributed by atoms with Crippen molar-refractivity contribution in [2.45, 2.75) is 66.2 Å². The van der Waals surface area contributed by atoms with E-state index in [4.69, 9.17) is 6.42 Å². The Labute approximate surface area is 399 Å². The number of hydrogen-bond acceptors (Lipinski definition) is 2. The third kappa shape index (κ3) is 11.3. The largest absolute Gasteiger partial charge is 0.308 e. The first-order valence-electron chi connectivity index (χ1n) is 22.8. The topological polar surface area (TPSA) is 3.24 Å². The summed E-state index contributed by atoms with van der Waals surface area (Å²) in [5.74, 6) is 2.32. The molecule has 3 aliphatic carbocycles. The summed E-state index contributed by atoms with van der Waals surface area (Å²) in [7, 11) is 0. The standard InChI is InChI=1S/C51H47NS.C7H8.C6H6/c1-7-11-19-38(10-4)39(20-12-8-2)30-26-37-18-16-21-40(33-29-37)52(41-31-27-36(9-3)28-32-41)47-25-17-23-42-43-34-35-46-48(50(43)53-49(42)47)44-22-14-13-15-24-45(44)51(46,5)6;1-7-5-3-2-4-6-7;1-3-5-6-4-2/h8,10-13,15,17-25,27-35H,2,7,9,26H2,1,3-6H3;2-6H,1H3;1,4-6H,2H2/b19-11-,20-12-,38-10+,39-30+;;6-5-. The van der Waals surface area contributed by atoms with Gasteiger partial charge < -0.3 is 4.90 Å². The van der Waals surface area contributed by atoms with Gasteiger partial charge in [-0.2, -0.15) is 0 Å². The van der Waals surface area contributed by atoms with Gasteiger partial charge in [-0.25, -0.2) is 0 Å². The van der Waals surface area contributed by atoms with Crippen molar-refractivity contribution in [2.75, 3.05) is 4.90 Å². The first kappa shape index (κ1) is 48.1. The average Bonchev–Trinajstić information content (AvgIpc) is 3.53. The number of hydrogen-bond donors (Lipinski definition) is 0. The molecule has 0 radical (unpaired) electrons. The Morgan fingerprint density at radius 3 is 2.26 bits per heavy atom. The Morgan fingerprint density at radius 1 is 0.818 bits per heavy atom. The van der Waals surface area contributed by atoms with Crippen LogP contribution in [-0.4, -0.2) is 0 Å². The highest BCUT2D eigenvalue weighted by Gasteiger charge is 2.37. The molecule has 0 fully saturated rings. The number of thiophene rings is 1. The van der Waals surface area contributed by atoms with Crippen LogP contribution in [0.1, 0.15) is 69.7 Å². The maximum Gasteiger partial charge on any atom is 0.0640 e. The number of allylic oxidation sites excluding steroid dienone is 21. The summed E-state index contributed by atoms with van der Waals surface area (Å²) < 4.78 is 2.62. The molecule has 0 saturated heterocycles. The predicted octanol–water partition coefficient (Wildman–Crippen LogP) is 17.9. The second-order valence-electron chi connectivity index (χ2n) is 16.5. The second kappa shape index (κ2) is 23.5. The van der Waals surface area contributed by atoms with Gasteiger partial charge in [0.25, 0.3) is 0 Å². The molecule has 0 bridgehead atoms. The molecular weight excluding hydrogens is 815 g/mol. The minimum Gasteiger partial charge on any atom is -0.308 e. The van der Waals surface area contributed by atoms with Crippen molar-refractivity contribution in [3.05, 3.63) is 269 Å². The number of fused-ring (bicyclic) bond motifs is 6. The van der Waals surface area contributed by atoms with E-state index in [9.17, 15) is 0 Å². The summed E-state index contributed by atoms with van der Waals surface area (Å²) in [6, 6.07) is 30.8. The fourth-order valence-electron chi connectivity index (χ4n) is 8.25. The Kier molecular flexibility index (Phi) is 17.2. The number of anilines is 2. The third-order valence-corrected chi connectivity index (χ3v) is 13.0. The fraction of sp³-hybridized carbons (Fsp3) is 0.156. The molecule has 1 heterocycles. The van der Waals surface area contributed by atoms with Crippen LogP contribution in [0.3, 0.4) is 0 Å². The monoisotopic (exact) mass is 875 g/mol. The van der Waals surface area contributed by atoms with Gasteiger partial charge in [-0.1, -0.05) is 192 Å². The van der Waals surface area contributed by atoms with Gasteiger partial charge in [0.15, 0.2) is 0 Å². The summed E-state index contributed by atoms with van der Waals surface area (Å²) in [5, 5.41) is 2.58. The van der Waals surface area contributed by atoms with Crippen molar-refractivity contribution in [1.82, 2.24) is 0 Å². The van der Waals surface area contributed by atoms with Gasteiger partial charge in [0.2, 0.25) is 0 Å². The van der Waals surface area contributed by atoms with E-state index in [0.717, 1.165) is 30.6 Å². The lowest BCUT2D eigenvalue weighted by Crippen LogP contribution is -2.15. The molecule has 3 aliphatic rings. The van der Waals surface area contributed by atoms with Gasteiger partial charge in [-0.3, -0.25) is 0 Å². The molecule has 0 aliphatic heterocycles. The Hall–Kier alpha value is -7.36. The van der Waals surface area contributed by atoms with Crippen LogP contribution in [0, 0.1) is 19.3 Å². The zero-order valence-electron chi connectivity index (χ0n) is 39.4. The molecule has 1 nitrogen and oxygen atoms in total. The van der Waals surface area contributed by atoms with Crippen molar-refractivity contribution in [2.24, 2.45) is 0 Å². The summed E-state index contributed by atoms with van der Waals surface area (Å²) in [6.07, 6.45) is 44.7. The lowest BCUT2D eigenvalue weighted by molar-refractivity contribution is 0.655. The van der Waals surface area contributed by atoms with E-state index in [-0.39, 0.29) is 5.41 Å². The first-order chi connectivity index (χ1) is 32.2. The predicted molar refractivity (Wildman–Crippen MR) is 292 cm³/mol. The Morgan fingerprint density at radius 2 is 1.59 bits per heavy atom. The van der Waals surface area contributed by atoms with E-state index >= 15 is 0 Å². The van der Waals surface area contributed by atoms with Gasteiger partial charge in [0.05, 0.1) is 16.1 Å². The van der Waals surface area contributed by atoms with Crippen molar-refractivity contribution in [1.29, 1.82) is 0 Å². The molecule has 0 N–H and O–H groups in total. The number of aryl methyl sites for hydroxylation is 2. The molecule has 5 aromatic rings. The van der Waals surface area contributed by atoms with Crippen LogP contribution in [0.25, 0.3) is 25.7 Å². The molecule has 0 unspecified atom stereocenters. The second-order valence-corrected chi connectivity index (χ2v) is 17.5. The average molecular weight is 876 g/mol. The number of nitrogens with zero attached hydrogens (tertiary/aromatic N) is 1. The van der Waals surface area contributed by atoms with Crippen LogP contribution in [-0.2, 0) is 11.8 Å². The first-order valence-corrected chi connectivity index (χ1v) is 23.6. The molecule has 0 saturated carbocycles. The summed E-state index contributed by atoms with van der Waals surface area (Å²) >= 11 is 1.91. The molecule has 328 valence electrons. The van der Waals surface area contributed by atoms with E-state index in [1.54, 1.807) is 18.2 Å². The van der Waals surface area contributed by atoms with Crippen LogP contribution >= 0.6 is 11.3 Å². The Balaban J connectivity index is 0.000000481. The van der Waals surface area contributed by atoms with E-state index in [0.29, 0.717) is 0 Å². The summed E-state index contributed by atoms with van der Waals surface area (Å²) in [6.45, 7) is 20.6. The molecule has 8 rings (SSSR count). The molecule has 4 aromatic carbocycles. The normalized spacial score (nSPS) is 14.9. The van der Waals surface area contributed by atoms with Gasteiger partial charge in [0, 0.05) is 38.2 Å². The van der Waals surface area contributed by atoms with E-state index in [2.05, 4.69) is 217 Å². The molecule has 66 heavy (non-hydrogen) atoms. The number of rotatable bonds is 12. The highest BCUT2D eigenvalue weighted by atomic mass is 32.1. The minimum atomic E-state index is -0.0807. The Bertz CT molecular complexity index is 3040.